The van der Waals surface area contributed by atoms with Gasteiger partial charge in [-0.15, -0.1) is 0 Å². The van der Waals surface area contributed by atoms with Crippen LogP contribution in [0.3, 0.4) is 0 Å². The van der Waals surface area contributed by atoms with Crippen LogP contribution < -0.4 is 0 Å². The summed E-state index contributed by atoms with van der Waals surface area (Å²) in [4.78, 5) is 15.8. The van der Waals surface area contributed by atoms with Crippen molar-refractivity contribution in [2.24, 2.45) is 0 Å². The first-order chi connectivity index (χ1) is 29.7. The molecule has 0 aliphatic rings. The molecule has 11 rings (SSSR count). The van der Waals surface area contributed by atoms with Gasteiger partial charge < -0.3 is 0 Å². The van der Waals surface area contributed by atoms with Crippen LogP contribution in [0.15, 0.2) is 224 Å². The van der Waals surface area contributed by atoms with Crippen molar-refractivity contribution >= 4 is 32.3 Å². The molecule has 3 heteroatoms. The molecule has 3 nitrogen and oxygen atoms in total. The van der Waals surface area contributed by atoms with Crippen molar-refractivity contribution < 1.29 is 0 Å². The Balaban J connectivity index is 1.09. The Morgan fingerprint density at radius 2 is 0.650 bits per heavy atom. The number of aromatic nitrogens is 3. The van der Waals surface area contributed by atoms with Gasteiger partial charge >= 0.3 is 0 Å². The van der Waals surface area contributed by atoms with Gasteiger partial charge in [-0.3, -0.25) is 0 Å². The third kappa shape index (κ3) is 6.39. The fraction of sp³-hybridized carbons (Fsp3) is 0. The molecule has 0 unspecified atom stereocenters. The largest absolute Gasteiger partial charge is 0.208 e. The van der Waals surface area contributed by atoms with E-state index in [0.717, 1.165) is 55.3 Å². The topological polar surface area (TPSA) is 38.7 Å². The molecule has 11 aromatic rings. The maximum atomic E-state index is 5.32. The van der Waals surface area contributed by atoms with Gasteiger partial charge in [0.15, 0.2) is 17.5 Å². The highest BCUT2D eigenvalue weighted by Gasteiger charge is 2.19. The van der Waals surface area contributed by atoms with Gasteiger partial charge in [-0.05, 0) is 83.4 Å². The zero-order valence-corrected chi connectivity index (χ0v) is 32.7. The van der Waals surface area contributed by atoms with Crippen molar-refractivity contribution in [3.8, 4) is 78.7 Å². The van der Waals surface area contributed by atoms with E-state index in [2.05, 4.69) is 224 Å². The van der Waals surface area contributed by atoms with Crippen LogP contribution in [0, 0.1) is 0 Å². The molecule has 60 heavy (non-hydrogen) atoms. The second-order valence-electron chi connectivity index (χ2n) is 15.1. The Hall–Kier alpha value is -8.01. The molecule has 0 spiro atoms. The van der Waals surface area contributed by atoms with Gasteiger partial charge in [-0.2, -0.15) is 0 Å². The highest BCUT2D eigenvalue weighted by Crippen LogP contribution is 2.40. The summed E-state index contributed by atoms with van der Waals surface area (Å²) in [5.74, 6) is 1.86. The molecule has 1 aromatic heterocycles. The van der Waals surface area contributed by atoms with E-state index in [1.807, 2.05) is 0 Å². The first-order valence-corrected chi connectivity index (χ1v) is 20.4. The molecule has 0 bridgehead atoms. The van der Waals surface area contributed by atoms with Crippen molar-refractivity contribution in [2.75, 3.05) is 0 Å². The van der Waals surface area contributed by atoms with Gasteiger partial charge in [0.2, 0.25) is 0 Å². The summed E-state index contributed by atoms with van der Waals surface area (Å²) in [5, 5.41) is 7.17. The van der Waals surface area contributed by atoms with E-state index in [0.29, 0.717) is 17.5 Å². The molecule has 10 aromatic carbocycles. The molecule has 0 aliphatic carbocycles. The number of nitrogens with zero attached hydrogens (tertiary/aromatic N) is 3. The van der Waals surface area contributed by atoms with Gasteiger partial charge in [-0.25, -0.2) is 15.0 Å². The molecule has 0 radical (unpaired) electrons. The lowest BCUT2D eigenvalue weighted by Crippen LogP contribution is -2.01. The molecule has 0 N–H and O–H groups in total. The zero-order valence-electron chi connectivity index (χ0n) is 32.7. The predicted octanol–water partition coefficient (Wildman–Crippen LogP) is 15.0. The van der Waals surface area contributed by atoms with Gasteiger partial charge in [0, 0.05) is 22.3 Å². The first kappa shape index (κ1) is 35.2. The molecule has 0 atom stereocenters. The van der Waals surface area contributed by atoms with Crippen LogP contribution >= 0.6 is 0 Å². The minimum Gasteiger partial charge on any atom is -0.208 e. The van der Waals surface area contributed by atoms with Crippen LogP contribution in [0.2, 0.25) is 0 Å². The van der Waals surface area contributed by atoms with Crippen LogP contribution in [-0.4, -0.2) is 15.0 Å². The summed E-state index contributed by atoms with van der Waals surface area (Å²) in [5.41, 5.74) is 12.0. The average Bonchev–Trinajstić information content (AvgIpc) is 3.33. The highest BCUT2D eigenvalue weighted by molar-refractivity contribution is 6.06. The summed E-state index contributed by atoms with van der Waals surface area (Å²) in [6, 6.07) is 79.4. The Morgan fingerprint density at radius 1 is 0.217 bits per heavy atom. The van der Waals surface area contributed by atoms with Crippen LogP contribution in [0.25, 0.3) is 111 Å². The molecule has 0 saturated heterocycles. The van der Waals surface area contributed by atoms with Crippen LogP contribution in [0.4, 0.5) is 0 Å². The highest BCUT2D eigenvalue weighted by atomic mass is 15.0. The number of benzene rings is 10. The Morgan fingerprint density at radius 3 is 1.37 bits per heavy atom. The van der Waals surface area contributed by atoms with Crippen molar-refractivity contribution in [3.63, 3.8) is 0 Å². The summed E-state index contributed by atoms with van der Waals surface area (Å²) < 4.78 is 0. The number of hydrogen-bond acceptors (Lipinski definition) is 3. The van der Waals surface area contributed by atoms with E-state index >= 15 is 0 Å². The number of hydrogen-bond donors (Lipinski definition) is 0. The minimum atomic E-state index is 0.618. The second kappa shape index (κ2) is 15.1. The minimum absolute atomic E-state index is 0.618. The van der Waals surface area contributed by atoms with E-state index in [-0.39, 0.29) is 0 Å². The summed E-state index contributed by atoms with van der Waals surface area (Å²) in [7, 11) is 0. The van der Waals surface area contributed by atoms with E-state index in [1.54, 1.807) is 0 Å². The van der Waals surface area contributed by atoms with Crippen LogP contribution in [-0.2, 0) is 0 Å². The Kier molecular flexibility index (Phi) is 8.83. The molecule has 1 heterocycles. The van der Waals surface area contributed by atoms with Crippen molar-refractivity contribution in [1.82, 2.24) is 15.0 Å². The summed E-state index contributed by atoms with van der Waals surface area (Å²) in [6.45, 7) is 0. The van der Waals surface area contributed by atoms with Crippen LogP contribution in [0.5, 0.6) is 0 Å². The molecule has 0 fully saturated rings. The van der Waals surface area contributed by atoms with E-state index < -0.39 is 0 Å². The fourth-order valence-corrected chi connectivity index (χ4v) is 8.65. The monoisotopic (exact) mass is 763 g/mol. The first-order valence-electron chi connectivity index (χ1n) is 20.4. The lowest BCUT2D eigenvalue weighted by atomic mass is 9.91. The third-order valence-corrected chi connectivity index (χ3v) is 11.6. The van der Waals surface area contributed by atoms with Crippen LogP contribution in [0.1, 0.15) is 0 Å². The Labute approximate surface area is 349 Å². The van der Waals surface area contributed by atoms with Crippen molar-refractivity contribution in [3.05, 3.63) is 224 Å². The van der Waals surface area contributed by atoms with Gasteiger partial charge in [0.25, 0.3) is 0 Å². The van der Waals surface area contributed by atoms with Crippen molar-refractivity contribution in [1.29, 1.82) is 0 Å². The summed E-state index contributed by atoms with van der Waals surface area (Å²) >= 11 is 0. The van der Waals surface area contributed by atoms with Gasteiger partial charge in [0.1, 0.15) is 0 Å². The van der Waals surface area contributed by atoms with E-state index in [4.69, 9.17) is 15.0 Å². The molecule has 0 amide bonds. The molecule has 0 saturated carbocycles. The van der Waals surface area contributed by atoms with Gasteiger partial charge in [-0.1, -0.05) is 212 Å². The van der Waals surface area contributed by atoms with Gasteiger partial charge in [0.05, 0.1) is 0 Å². The standard InChI is InChI=1S/C57H37N3/c1-3-15-38(16-4-1)48-35-36-49(52-27-12-11-26-51(48)52)44-22-13-23-45(37-44)56-58-55(43-31-29-41(30-32-43)47-28-14-21-39-17-7-9-24-46(39)47)59-57(60-56)53-34-33-40-18-8-10-25-50(40)54(53)42-19-5-2-6-20-42/h1-37H. The molecule has 0 aliphatic heterocycles. The summed E-state index contributed by atoms with van der Waals surface area (Å²) in [6.07, 6.45) is 0. The number of rotatable bonds is 7. The molecular formula is C57H37N3. The molecular weight excluding hydrogens is 727 g/mol. The SMILES string of the molecule is c1ccc(-c2c(-c3nc(-c4ccc(-c5cccc6ccccc56)cc4)nc(-c4cccc(-c5ccc(-c6ccccc6)c6ccccc56)c4)n3)ccc3ccccc23)cc1. The average molecular weight is 764 g/mol. The quantitative estimate of drug-likeness (QED) is 0.162. The third-order valence-electron chi connectivity index (χ3n) is 11.6. The zero-order chi connectivity index (χ0) is 39.8. The molecule has 280 valence electrons. The fourth-order valence-electron chi connectivity index (χ4n) is 8.65. The lowest BCUT2D eigenvalue weighted by Gasteiger charge is -2.15. The Bertz CT molecular complexity index is 3350. The van der Waals surface area contributed by atoms with Crippen molar-refractivity contribution in [2.45, 2.75) is 0 Å². The smallest absolute Gasteiger partial charge is 0.164 e. The lowest BCUT2D eigenvalue weighted by molar-refractivity contribution is 1.07. The maximum Gasteiger partial charge on any atom is 0.164 e. The normalized spacial score (nSPS) is 11.3. The number of fused-ring (bicyclic) bond motifs is 3. The van der Waals surface area contributed by atoms with E-state index in [9.17, 15) is 0 Å². The maximum absolute atomic E-state index is 5.32. The predicted molar refractivity (Wildman–Crippen MR) is 250 cm³/mol. The second-order valence-corrected chi connectivity index (χ2v) is 15.1. The van der Waals surface area contributed by atoms with E-state index in [1.165, 1.54) is 38.2 Å².